The molecule has 4 heterocycles. The highest BCUT2D eigenvalue weighted by molar-refractivity contribution is 5.92. The van der Waals surface area contributed by atoms with Gasteiger partial charge in [0.25, 0.3) is 0 Å². The number of H-pyrrole nitrogens is 1. The van der Waals surface area contributed by atoms with Crippen molar-refractivity contribution in [2.24, 2.45) is 0 Å². The average Bonchev–Trinajstić information content (AvgIpc) is 3.23. The van der Waals surface area contributed by atoms with Crippen molar-refractivity contribution in [1.29, 1.82) is 0 Å². The Bertz CT molecular complexity index is 1160. The number of piperidine rings is 2. The molecule has 2 aliphatic heterocycles. The predicted octanol–water partition coefficient (Wildman–Crippen LogP) is 6.66. The number of aromatic amines is 1. The number of likely N-dealkylation sites (tertiary alicyclic amines) is 2. The number of alkyl halides is 1. The van der Waals surface area contributed by atoms with Gasteiger partial charge >= 0.3 is 0 Å². The first-order chi connectivity index (χ1) is 16.8. The van der Waals surface area contributed by atoms with Gasteiger partial charge in [0.1, 0.15) is 6.17 Å². The molecule has 1 N–H and O–H groups in total. The van der Waals surface area contributed by atoms with Gasteiger partial charge in [-0.25, -0.2) is 4.39 Å². The first-order valence-corrected chi connectivity index (χ1v) is 13.5. The van der Waals surface area contributed by atoms with Crippen LogP contribution in [0.2, 0.25) is 0 Å². The molecule has 4 nitrogen and oxygen atoms in total. The molecule has 2 unspecified atom stereocenters. The monoisotopic (exact) mass is 476 g/mol. The predicted molar refractivity (Wildman–Crippen MR) is 144 cm³/mol. The summed E-state index contributed by atoms with van der Waals surface area (Å²) in [5.41, 5.74) is 7.49. The van der Waals surface area contributed by atoms with E-state index in [9.17, 15) is 0 Å². The minimum absolute atomic E-state index is 0.0945. The molecule has 0 bridgehead atoms. The fourth-order valence-electron chi connectivity index (χ4n) is 6.37. The number of fused-ring (bicyclic) bond motifs is 1. The van der Waals surface area contributed by atoms with Crippen molar-refractivity contribution in [3.8, 4) is 11.3 Å². The van der Waals surface area contributed by atoms with Gasteiger partial charge in [-0.15, -0.1) is 0 Å². The Morgan fingerprint density at radius 3 is 2.43 bits per heavy atom. The van der Waals surface area contributed by atoms with Crippen molar-refractivity contribution in [1.82, 2.24) is 19.8 Å². The summed E-state index contributed by atoms with van der Waals surface area (Å²) in [5.74, 6) is 0.966. The van der Waals surface area contributed by atoms with Gasteiger partial charge in [-0.05, 0) is 100 Å². The third-order valence-electron chi connectivity index (χ3n) is 8.36. The van der Waals surface area contributed by atoms with E-state index < -0.39 is 6.17 Å². The number of hydrogen-bond acceptors (Lipinski definition) is 3. The van der Waals surface area contributed by atoms with E-state index in [4.69, 9.17) is 0 Å². The van der Waals surface area contributed by atoms with Crippen LogP contribution in [0.25, 0.3) is 22.2 Å². The molecule has 2 atom stereocenters. The van der Waals surface area contributed by atoms with E-state index in [1.54, 1.807) is 0 Å². The van der Waals surface area contributed by atoms with E-state index in [1.165, 1.54) is 33.3 Å². The van der Waals surface area contributed by atoms with Gasteiger partial charge in [0.05, 0.1) is 5.69 Å². The van der Waals surface area contributed by atoms with Gasteiger partial charge in [-0.2, -0.15) is 0 Å². The van der Waals surface area contributed by atoms with Crippen LogP contribution in [0.5, 0.6) is 0 Å². The van der Waals surface area contributed by atoms with Crippen molar-refractivity contribution >= 4 is 10.9 Å². The van der Waals surface area contributed by atoms with Crippen LogP contribution in [0.15, 0.2) is 36.5 Å². The second-order valence-corrected chi connectivity index (χ2v) is 11.3. The second-order valence-electron chi connectivity index (χ2n) is 11.3. The van der Waals surface area contributed by atoms with Crippen molar-refractivity contribution < 1.29 is 4.39 Å². The van der Waals surface area contributed by atoms with Crippen LogP contribution in [-0.4, -0.2) is 64.2 Å². The molecule has 0 radical (unpaired) electrons. The molecular weight excluding hydrogens is 435 g/mol. The average molecular weight is 477 g/mol. The number of halogens is 1. The first kappa shape index (κ1) is 24.5. The smallest absolute Gasteiger partial charge is 0.128 e. The molecule has 2 aromatic heterocycles. The van der Waals surface area contributed by atoms with Crippen molar-refractivity contribution in [2.45, 2.75) is 84.0 Å². The van der Waals surface area contributed by atoms with Gasteiger partial charge in [0.15, 0.2) is 0 Å². The van der Waals surface area contributed by atoms with E-state index in [0.29, 0.717) is 24.4 Å². The number of aryl methyl sites for hydroxylation is 1. The second kappa shape index (κ2) is 10.0. The lowest BCUT2D eigenvalue weighted by Crippen LogP contribution is -2.55. The van der Waals surface area contributed by atoms with Crippen LogP contribution in [0, 0.1) is 6.92 Å². The molecule has 0 aliphatic carbocycles. The SMILES string of the molecule is Cc1cc(-c2[nH]c3ccc(C4CCN(C5CCN(C(C)C)CC5F)CC4)cc3c2C(C)C)ccn1. The molecule has 1 aromatic carbocycles. The summed E-state index contributed by atoms with van der Waals surface area (Å²) in [6.45, 7) is 14.6. The maximum absolute atomic E-state index is 15.0. The topological polar surface area (TPSA) is 35.2 Å². The highest BCUT2D eigenvalue weighted by atomic mass is 19.1. The lowest BCUT2D eigenvalue weighted by molar-refractivity contribution is 0.0122. The fourth-order valence-corrected chi connectivity index (χ4v) is 6.37. The van der Waals surface area contributed by atoms with Crippen LogP contribution in [0.3, 0.4) is 0 Å². The number of aromatic nitrogens is 2. The lowest BCUT2D eigenvalue weighted by Gasteiger charge is -2.44. The van der Waals surface area contributed by atoms with Crippen LogP contribution >= 0.6 is 0 Å². The summed E-state index contributed by atoms with van der Waals surface area (Å²) in [5, 5.41) is 1.34. The number of nitrogens with zero attached hydrogens (tertiary/aromatic N) is 3. The molecule has 5 rings (SSSR count). The number of hydrogen-bond donors (Lipinski definition) is 1. The van der Waals surface area contributed by atoms with E-state index in [2.05, 4.69) is 77.8 Å². The third kappa shape index (κ3) is 4.90. The first-order valence-electron chi connectivity index (χ1n) is 13.5. The van der Waals surface area contributed by atoms with Crippen molar-refractivity contribution in [3.63, 3.8) is 0 Å². The normalized spacial score (nSPS) is 23.1. The van der Waals surface area contributed by atoms with Gasteiger partial charge in [-0.3, -0.25) is 14.8 Å². The van der Waals surface area contributed by atoms with Crippen LogP contribution in [0.4, 0.5) is 4.39 Å². The molecule has 5 heteroatoms. The zero-order chi connectivity index (χ0) is 24.7. The Kier molecular flexibility index (Phi) is 7.00. The molecule has 0 spiro atoms. The third-order valence-corrected chi connectivity index (χ3v) is 8.36. The molecule has 3 aromatic rings. The summed E-state index contributed by atoms with van der Waals surface area (Å²) >= 11 is 0. The Hall–Kier alpha value is -2.24. The van der Waals surface area contributed by atoms with Crippen molar-refractivity contribution in [3.05, 3.63) is 53.3 Å². The standard InChI is InChI=1S/C30H41FN4/c1-19(2)29-25-17-23(6-7-27(25)33-30(29)24-8-12-32-21(5)16-24)22-9-13-34(14-10-22)28-11-15-35(20(3)4)18-26(28)31/h6-8,12,16-17,19-20,22,26,28,33H,9-11,13-15,18H2,1-5H3. The lowest BCUT2D eigenvalue weighted by atomic mass is 9.86. The maximum Gasteiger partial charge on any atom is 0.128 e. The summed E-state index contributed by atoms with van der Waals surface area (Å²) < 4.78 is 15.0. The maximum atomic E-state index is 15.0. The quantitative estimate of drug-likeness (QED) is 0.447. The minimum Gasteiger partial charge on any atom is -0.354 e. The van der Waals surface area contributed by atoms with Crippen LogP contribution in [0.1, 0.15) is 75.6 Å². The molecule has 2 saturated heterocycles. The van der Waals surface area contributed by atoms with Gasteiger partial charge in [0.2, 0.25) is 0 Å². The number of nitrogens with one attached hydrogen (secondary N) is 1. The number of benzene rings is 1. The van der Waals surface area contributed by atoms with E-state index in [-0.39, 0.29) is 6.04 Å². The zero-order valence-corrected chi connectivity index (χ0v) is 22.0. The van der Waals surface area contributed by atoms with Gasteiger partial charge in [0, 0.05) is 53.5 Å². The van der Waals surface area contributed by atoms with Crippen LogP contribution < -0.4 is 0 Å². The molecule has 2 fully saturated rings. The Labute approximate surface area is 209 Å². The molecule has 0 saturated carbocycles. The van der Waals surface area contributed by atoms with Crippen LogP contribution in [-0.2, 0) is 0 Å². The molecular formula is C30H41FN4. The Balaban J connectivity index is 1.34. The minimum atomic E-state index is -0.734. The number of pyridine rings is 1. The van der Waals surface area contributed by atoms with Crippen molar-refractivity contribution in [2.75, 3.05) is 26.2 Å². The Morgan fingerprint density at radius 2 is 1.77 bits per heavy atom. The zero-order valence-electron chi connectivity index (χ0n) is 22.0. The largest absolute Gasteiger partial charge is 0.354 e. The highest BCUT2D eigenvalue weighted by Gasteiger charge is 2.36. The van der Waals surface area contributed by atoms with Gasteiger partial charge in [-0.1, -0.05) is 19.9 Å². The molecule has 188 valence electrons. The summed E-state index contributed by atoms with van der Waals surface area (Å²) in [6, 6.07) is 11.8. The Morgan fingerprint density at radius 1 is 1.00 bits per heavy atom. The van der Waals surface area contributed by atoms with E-state index in [1.807, 2.05) is 13.1 Å². The molecule has 2 aliphatic rings. The molecule has 35 heavy (non-hydrogen) atoms. The van der Waals surface area contributed by atoms with E-state index in [0.717, 1.165) is 44.6 Å². The molecule has 0 amide bonds. The summed E-state index contributed by atoms with van der Waals surface area (Å²) in [6.07, 6.45) is 4.34. The van der Waals surface area contributed by atoms with E-state index >= 15 is 4.39 Å². The number of rotatable bonds is 5. The summed E-state index contributed by atoms with van der Waals surface area (Å²) in [4.78, 5) is 12.8. The fraction of sp³-hybridized carbons (Fsp3) is 0.567. The highest BCUT2D eigenvalue weighted by Crippen LogP contribution is 2.39. The van der Waals surface area contributed by atoms with Gasteiger partial charge < -0.3 is 4.98 Å². The summed E-state index contributed by atoms with van der Waals surface area (Å²) in [7, 11) is 0.